The molecule has 0 fully saturated rings. The SMILES string of the molecule is CS(=O)(=O)[C@@](Cl)(Br)C(=O)c1ccc(Cl)cc1Cl. The Labute approximate surface area is 122 Å². The largest absolute Gasteiger partial charge is 0.290 e. The molecule has 1 aromatic rings. The third kappa shape index (κ3) is 3.15. The van der Waals surface area contributed by atoms with E-state index in [1.807, 2.05) is 0 Å². The molecule has 0 aromatic heterocycles. The van der Waals surface area contributed by atoms with E-state index in [4.69, 9.17) is 34.8 Å². The zero-order valence-electron chi connectivity index (χ0n) is 8.38. The summed E-state index contributed by atoms with van der Waals surface area (Å²) in [7, 11) is -3.84. The van der Waals surface area contributed by atoms with Gasteiger partial charge >= 0.3 is 0 Å². The van der Waals surface area contributed by atoms with Gasteiger partial charge in [0.05, 0.1) is 5.02 Å². The van der Waals surface area contributed by atoms with E-state index in [0.29, 0.717) is 5.02 Å². The summed E-state index contributed by atoms with van der Waals surface area (Å²) in [6.45, 7) is 0. The average molecular weight is 380 g/mol. The number of ketones is 1. The second-order valence-corrected chi connectivity index (χ2v) is 9.20. The molecule has 0 aliphatic heterocycles. The molecule has 0 bridgehead atoms. The molecule has 0 aliphatic rings. The van der Waals surface area contributed by atoms with Crippen molar-refractivity contribution < 1.29 is 13.2 Å². The lowest BCUT2D eigenvalue weighted by atomic mass is 10.1. The summed E-state index contributed by atoms with van der Waals surface area (Å²) in [4.78, 5) is 12.0. The van der Waals surface area contributed by atoms with Gasteiger partial charge in [-0.1, -0.05) is 34.8 Å². The Balaban J connectivity index is 3.32. The van der Waals surface area contributed by atoms with E-state index < -0.39 is 18.7 Å². The lowest BCUT2D eigenvalue weighted by Crippen LogP contribution is -2.34. The third-order valence-corrected chi connectivity index (χ3v) is 6.71. The molecule has 1 aromatic carbocycles. The first-order valence-electron chi connectivity index (χ1n) is 4.14. The highest BCUT2D eigenvalue weighted by Crippen LogP contribution is 2.36. The predicted octanol–water partition coefficient (Wildman–Crippen LogP) is 3.51. The average Bonchev–Trinajstić information content (AvgIpc) is 2.14. The topological polar surface area (TPSA) is 51.2 Å². The highest BCUT2D eigenvalue weighted by molar-refractivity contribution is 9.12. The van der Waals surface area contributed by atoms with Crippen LogP contribution < -0.4 is 0 Å². The number of sulfone groups is 1. The van der Waals surface area contributed by atoms with Crippen LogP contribution in [0.2, 0.25) is 10.0 Å². The Hall–Kier alpha value is 0.190. The number of halogens is 4. The molecule has 0 amide bonds. The van der Waals surface area contributed by atoms with Crippen molar-refractivity contribution in [1.82, 2.24) is 0 Å². The summed E-state index contributed by atoms with van der Waals surface area (Å²) in [5.41, 5.74) is -0.0200. The lowest BCUT2D eigenvalue weighted by Gasteiger charge is -2.17. The number of Topliss-reactive ketones (excluding diaryl/α,β-unsaturated/α-hetero) is 1. The Morgan fingerprint density at radius 2 is 1.88 bits per heavy atom. The van der Waals surface area contributed by atoms with Gasteiger partial charge in [0.1, 0.15) is 0 Å². The van der Waals surface area contributed by atoms with Gasteiger partial charge in [-0.15, -0.1) is 0 Å². The van der Waals surface area contributed by atoms with E-state index in [1.54, 1.807) is 0 Å². The number of rotatable bonds is 3. The molecule has 1 atom stereocenters. The molecular weight excluding hydrogens is 374 g/mol. The Kier molecular flexibility index (Phi) is 4.53. The van der Waals surface area contributed by atoms with Gasteiger partial charge in [0.2, 0.25) is 5.78 Å². The van der Waals surface area contributed by atoms with Gasteiger partial charge in [0.15, 0.2) is 9.84 Å². The lowest BCUT2D eigenvalue weighted by molar-refractivity contribution is 0.100. The fraction of sp³-hybridized carbons (Fsp3) is 0.222. The minimum Gasteiger partial charge on any atom is -0.290 e. The summed E-state index contributed by atoms with van der Waals surface area (Å²) in [5, 5.41) is 0.372. The summed E-state index contributed by atoms with van der Waals surface area (Å²) in [5.74, 6) is -0.858. The van der Waals surface area contributed by atoms with E-state index in [0.717, 1.165) is 6.26 Å². The monoisotopic (exact) mass is 378 g/mol. The van der Waals surface area contributed by atoms with Gasteiger partial charge < -0.3 is 0 Å². The summed E-state index contributed by atoms with van der Waals surface area (Å²) in [6.07, 6.45) is 0.844. The zero-order valence-corrected chi connectivity index (χ0v) is 13.0. The molecule has 0 heterocycles. The zero-order chi connectivity index (χ0) is 13.4. The molecule has 0 N–H and O–H groups in total. The van der Waals surface area contributed by atoms with Crippen LogP contribution in [0, 0.1) is 0 Å². The standard InChI is InChI=1S/C9H6BrCl3O3S/c1-17(15,16)9(10,13)8(14)6-3-2-5(11)4-7(6)12/h2-4H,1H3/t9-/m1/s1. The second kappa shape index (κ2) is 5.05. The molecule has 94 valence electrons. The molecule has 0 spiro atoms. The first kappa shape index (κ1) is 15.2. The Morgan fingerprint density at radius 3 is 2.29 bits per heavy atom. The minimum atomic E-state index is -3.84. The van der Waals surface area contributed by atoms with Crippen LogP contribution >= 0.6 is 50.7 Å². The van der Waals surface area contributed by atoms with Crippen molar-refractivity contribution in [2.75, 3.05) is 6.26 Å². The van der Waals surface area contributed by atoms with E-state index in [1.165, 1.54) is 18.2 Å². The molecule has 8 heteroatoms. The van der Waals surface area contributed by atoms with Gasteiger partial charge in [-0.2, -0.15) is 0 Å². The Morgan fingerprint density at radius 1 is 1.35 bits per heavy atom. The van der Waals surface area contributed by atoms with Gasteiger partial charge in [0.25, 0.3) is 3.12 Å². The first-order valence-corrected chi connectivity index (χ1v) is 7.96. The van der Waals surface area contributed by atoms with E-state index >= 15 is 0 Å². The van der Waals surface area contributed by atoms with E-state index in [2.05, 4.69) is 15.9 Å². The van der Waals surface area contributed by atoms with Crippen LogP contribution in [-0.2, 0) is 9.84 Å². The van der Waals surface area contributed by atoms with Crippen molar-refractivity contribution >= 4 is 66.4 Å². The smallest absolute Gasteiger partial charge is 0.261 e. The van der Waals surface area contributed by atoms with E-state index in [-0.39, 0.29) is 10.6 Å². The Bertz CT molecular complexity index is 569. The van der Waals surface area contributed by atoms with Crippen LogP contribution in [0.3, 0.4) is 0 Å². The molecular formula is C9H6BrCl3O3S. The summed E-state index contributed by atoms with van der Waals surface area (Å²) < 4.78 is 20.5. The maximum atomic E-state index is 12.0. The molecule has 0 unspecified atom stereocenters. The number of alkyl halides is 2. The van der Waals surface area contributed by atoms with E-state index in [9.17, 15) is 13.2 Å². The maximum Gasteiger partial charge on any atom is 0.261 e. The van der Waals surface area contributed by atoms with Crippen molar-refractivity contribution in [3.8, 4) is 0 Å². The summed E-state index contributed by atoms with van der Waals surface area (Å²) in [6, 6.07) is 4.07. The van der Waals surface area contributed by atoms with Crippen LogP contribution in [0.5, 0.6) is 0 Å². The first-order chi connectivity index (χ1) is 7.57. The van der Waals surface area contributed by atoms with Gasteiger partial charge in [0, 0.05) is 16.8 Å². The van der Waals surface area contributed by atoms with Crippen molar-refractivity contribution in [2.24, 2.45) is 0 Å². The fourth-order valence-corrected chi connectivity index (χ4v) is 2.26. The molecule has 0 radical (unpaired) electrons. The van der Waals surface area contributed by atoms with Crippen LogP contribution in [0.1, 0.15) is 10.4 Å². The fourth-order valence-electron chi connectivity index (χ4n) is 0.999. The van der Waals surface area contributed by atoms with Crippen LogP contribution in [0.4, 0.5) is 0 Å². The molecule has 17 heavy (non-hydrogen) atoms. The number of carbonyl (C=O) groups is 1. The molecule has 3 nitrogen and oxygen atoms in total. The predicted molar refractivity (Wildman–Crippen MR) is 73.1 cm³/mol. The van der Waals surface area contributed by atoms with Crippen molar-refractivity contribution in [3.05, 3.63) is 33.8 Å². The van der Waals surface area contributed by atoms with Gasteiger partial charge in [-0.05, 0) is 34.1 Å². The molecule has 1 rings (SSSR count). The van der Waals surface area contributed by atoms with Crippen LogP contribution in [0.25, 0.3) is 0 Å². The van der Waals surface area contributed by atoms with Crippen molar-refractivity contribution in [1.29, 1.82) is 0 Å². The second-order valence-electron chi connectivity index (χ2n) is 3.24. The minimum absolute atomic E-state index is 0.0200. The number of benzene rings is 1. The molecule has 0 aliphatic carbocycles. The van der Waals surface area contributed by atoms with Crippen molar-refractivity contribution in [3.63, 3.8) is 0 Å². The number of carbonyl (C=O) groups excluding carboxylic acids is 1. The van der Waals surface area contributed by atoms with Gasteiger partial charge in [-0.25, -0.2) is 8.42 Å². The summed E-state index contributed by atoms with van der Waals surface area (Å²) >= 11 is 19.9. The van der Waals surface area contributed by atoms with Crippen LogP contribution in [-0.4, -0.2) is 23.6 Å². The van der Waals surface area contributed by atoms with Crippen molar-refractivity contribution in [2.45, 2.75) is 3.12 Å². The number of hydrogen-bond donors (Lipinski definition) is 0. The highest BCUT2D eigenvalue weighted by atomic mass is 79.9. The maximum absolute atomic E-state index is 12.0. The highest BCUT2D eigenvalue weighted by Gasteiger charge is 2.44. The quantitative estimate of drug-likeness (QED) is 0.596. The number of hydrogen-bond acceptors (Lipinski definition) is 3. The van der Waals surface area contributed by atoms with Gasteiger partial charge in [-0.3, -0.25) is 4.79 Å². The van der Waals surface area contributed by atoms with Crippen LogP contribution in [0.15, 0.2) is 18.2 Å². The normalized spacial score (nSPS) is 15.4. The molecule has 0 saturated carbocycles. The third-order valence-electron chi connectivity index (χ3n) is 1.91. The molecule has 0 saturated heterocycles.